The summed E-state index contributed by atoms with van der Waals surface area (Å²) >= 11 is 0. The molecule has 1 aliphatic rings. The van der Waals surface area contributed by atoms with Gasteiger partial charge in [-0.2, -0.15) is 0 Å². The number of aromatic nitrogens is 1. The van der Waals surface area contributed by atoms with E-state index in [1.165, 1.54) is 19.3 Å². The maximum atomic E-state index is 11.9. The Bertz CT molecular complexity index is 469. The van der Waals surface area contributed by atoms with Gasteiger partial charge in [-0.3, -0.25) is 4.79 Å². The molecule has 0 saturated carbocycles. The van der Waals surface area contributed by atoms with Crippen molar-refractivity contribution in [1.82, 2.24) is 10.3 Å². The first kappa shape index (κ1) is 15.8. The highest BCUT2D eigenvalue weighted by atomic mass is 16.2. The van der Waals surface area contributed by atoms with Crippen molar-refractivity contribution in [3.8, 4) is 0 Å². The molecule has 5 nitrogen and oxygen atoms in total. The number of carbonyl (C=O) groups excluding carboxylic acids is 1. The standard InChI is InChI=1S/C16H26N4O/c1-12(2)15(17)16(21)19-11-13-6-7-18-14(10-13)20-8-4-3-5-9-20/h6-7,10,12,15H,3-5,8-9,11,17H2,1-2H3,(H,19,21)/t15-/m0/s1. The van der Waals surface area contributed by atoms with Crippen LogP contribution >= 0.6 is 0 Å². The zero-order valence-electron chi connectivity index (χ0n) is 13.0. The molecular weight excluding hydrogens is 264 g/mol. The van der Waals surface area contributed by atoms with Crippen molar-refractivity contribution < 1.29 is 4.79 Å². The van der Waals surface area contributed by atoms with E-state index >= 15 is 0 Å². The minimum Gasteiger partial charge on any atom is -0.357 e. The molecule has 116 valence electrons. The second-order valence-electron chi connectivity index (χ2n) is 6.06. The molecule has 0 unspecified atom stereocenters. The Balaban J connectivity index is 1.93. The van der Waals surface area contributed by atoms with Gasteiger partial charge in [0.1, 0.15) is 5.82 Å². The van der Waals surface area contributed by atoms with Crippen LogP contribution in [0.1, 0.15) is 38.7 Å². The Morgan fingerprint density at radius 3 is 2.76 bits per heavy atom. The van der Waals surface area contributed by atoms with Gasteiger partial charge in [0.15, 0.2) is 0 Å². The molecule has 21 heavy (non-hydrogen) atoms. The first-order valence-corrected chi connectivity index (χ1v) is 7.81. The number of anilines is 1. The first-order chi connectivity index (χ1) is 10.1. The highest BCUT2D eigenvalue weighted by Gasteiger charge is 2.17. The van der Waals surface area contributed by atoms with E-state index < -0.39 is 6.04 Å². The normalized spacial score (nSPS) is 16.9. The summed E-state index contributed by atoms with van der Waals surface area (Å²) in [6, 6.07) is 3.55. The van der Waals surface area contributed by atoms with Crippen LogP contribution in [0.15, 0.2) is 18.3 Å². The molecule has 0 bridgehead atoms. The number of amides is 1. The maximum Gasteiger partial charge on any atom is 0.237 e. The van der Waals surface area contributed by atoms with Gasteiger partial charge >= 0.3 is 0 Å². The largest absolute Gasteiger partial charge is 0.357 e. The SMILES string of the molecule is CC(C)[C@H](N)C(=O)NCc1ccnc(N2CCCCC2)c1. The van der Waals surface area contributed by atoms with E-state index in [-0.39, 0.29) is 11.8 Å². The van der Waals surface area contributed by atoms with E-state index in [0.29, 0.717) is 6.54 Å². The molecule has 2 heterocycles. The fourth-order valence-electron chi connectivity index (χ4n) is 2.48. The molecule has 1 atom stereocenters. The molecule has 1 aliphatic heterocycles. The molecule has 1 saturated heterocycles. The van der Waals surface area contributed by atoms with Crippen LogP contribution in [0.2, 0.25) is 0 Å². The lowest BCUT2D eigenvalue weighted by Gasteiger charge is -2.28. The van der Waals surface area contributed by atoms with Crippen molar-refractivity contribution >= 4 is 11.7 Å². The number of piperidine rings is 1. The lowest BCUT2D eigenvalue weighted by Crippen LogP contribution is -2.43. The highest BCUT2D eigenvalue weighted by Crippen LogP contribution is 2.18. The van der Waals surface area contributed by atoms with Gasteiger partial charge in [0, 0.05) is 25.8 Å². The van der Waals surface area contributed by atoms with Crippen LogP contribution in [0.5, 0.6) is 0 Å². The lowest BCUT2D eigenvalue weighted by molar-refractivity contribution is -0.123. The van der Waals surface area contributed by atoms with Crippen LogP contribution in [0, 0.1) is 5.92 Å². The van der Waals surface area contributed by atoms with Crippen molar-refractivity contribution in [3.05, 3.63) is 23.9 Å². The van der Waals surface area contributed by atoms with Gasteiger partial charge in [0.2, 0.25) is 5.91 Å². The van der Waals surface area contributed by atoms with Crippen LogP contribution in [0.4, 0.5) is 5.82 Å². The summed E-state index contributed by atoms with van der Waals surface area (Å²) in [6.45, 7) is 6.54. The van der Waals surface area contributed by atoms with Crippen molar-refractivity contribution in [2.75, 3.05) is 18.0 Å². The number of hydrogen-bond donors (Lipinski definition) is 2. The molecule has 1 amide bonds. The Labute approximate surface area is 126 Å². The van der Waals surface area contributed by atoms with Crippen molar-refractivity contribution in [2.24, 2.45) is 11.7 Å². The van der Waals surface area contributed by atoms with Crippen molar-refractivity contribution in [2.45, 2.75) is 45.7 Å². The van der Waals surface area contributed by atoms with Gasteiger partial charge in [0.05, 0.1) is 6.04 Å². The van der Waals surface area contributed by atoms with Crippen molar-refractivity contribution in [1.29, 1.82) is 0 Å². The Morgan fingerprint density at radius 2 is 2.10 bits per heavy atom. The minimum absolute atomic E-state index is 0.0960. The van der Waals surface area contributed by atoms with E-state index in [1.54, 1.807) is 0 Å². The summed E-state index contributed by atoms with van der Waals surface area (Å²) in [6.07, 6.45) is 5.57. The van der Waals surface area contributed by atoms with E-state index in [2.05, 4.69) is 21.3 Å². The Kier molecular flexibility index (Phi) is 5.56. The highest BCUT2D eigenvalue weighted by molar-refractivity contribution is 5.81. The third-order valence-corrected chi connectivity index (χ3v) is 3.98. The lowest BCUT2D eigenvalue weighted by atomic mass is 10.0. The molecule has 3 N–H and O–H groups in total. The molecule has 5 heteroatoms. The number of hydrogen-bond acceptors (Lipinski definition) is 4. The molecule has 2 rings (SSSR count). The van der Waals surface area contributed by atoms with E-state index in [1.807, 2.05) is 26.1 Å². The molecule has 0 aromatic carbocycles. The van der Waals surface area contributed by atoms with Crippen LogP contribution in [-0.4, -0.2) is 30.0 Å². The summed E-state index contributed by atoms with van der Waals surface area (Å²) in [5.41, 5.74) is 6.90. The van der Waals surface area contributed by atoms with Gasteiger partial charge in [-0.1, -0.05) is 13.8 Å². The topological polar surface area (TPSA) is 71.2 Å². The zero-order valence-corrected chi connectivity index (χ0v) is 13.0. The predicted molar refractivity (Wildman–Crippen MR) is 85.0 cm³/mol. The second kappa shape index (κ2) is 7.41. The number of rotatable bonds is 5. The Morgan fingerprint density at radius 1 is 1.38 bits per heavy atom. The summed E-state index contributed by atoms with van der Waals surface area (Å²) in [5, 5.41) is 2.90. The fraction of sp³-hybridized carbons (Fsp3) is 0.625. The van der Waals surface area contributed by atoms with E-state index in [4.69, 9.17) is 5.73 Å². The summed E-state index contributed by atoms with van der Waals surface area (Å²) < 4.78 is 0. The summed E-state index contributed by atoms with van der Waals surface area (Å²) in [7, 11) is 0. The predicted octanol–water partition coefficient (Wildman–Crippen LogP) is 1.67. The maximum absolute atomic E-state index is 11.9. The number of pyridine rings is 1. The second-order valence-corrected chi connectivity index (χ2v) is 6.06. The quantitative estimate of drug-likeness (QED) is 0.865. The fourth-order valence-corrected chi connectivity index (χ4v) is 2.48. The molecular formula is C16H26N4O. The van der Waals surface area contributed by atoms with Crippen LogP contribution in [-0.2, 0) is 11.3 Å². The van der Waals surface area contributed by atoms with Gasteiger partial charge in [-0.15, -0.1) is 0 Å². The van der Waals surface area contributed by atoms with E-state index in [0.717, 1.165) is 24.5 Å². The van der Waals surface area contributed by atoms with Crippen molar-refractivity contribution in [3.63, 3.8) is 0 Å². The zero-order chi connectivity index (χ0) is 15.2. The first-order valence-electron chi connectivity index (χ1n) is 7.81. The third-order valence-electron chi connectivity index (χ3n) is 3.98. The van der Waals surface area contributed by atoms with Gasteiger partial charge in [-0.05, 0) is 42.9 Å². The molecule has 0 radical (unpaired) electrons. The third kappa shape index (κ3) is 4.43. The van der Waals surface area contributed by atoms with Crippen LogP contribution in [0.25, 0.3) is 0 Å². The van der Waals surface area contributed by atoms with Gasteiger partial charge in [-0.25, -0.2) is 4.98 Å². The average Bonchev–Trinajstić information content (AvgIpc) is 2.53. The average molecular weight is 290 g/mol. The molecule has 1 fully saturated rings. The van der Waals surface area contributed by atoms with Gasteiger partial charge in [0.25, 0.3) is 0 Å². The molecule has 1 aromatic heterocycles. The number of nitrogens with two attached hydrogens (primary N) is 1. The number of carbonyl (C=O) groups is 1. The van der Waals surface area contributed by atoms with Crippen LogP contribution in [0.3, 0.4) is 0 Å². The molecule has 0 spiro atoms. The smallest absolute Gasteiger partial charge is 0.237 e. The molecule has 0 aliphatic carbocycles. The monoisotopic (exact) mass is 290 g/mol. The Hall–Kier alpha value is -1.62. The number of nitrogens with one attached hydrogen (secondary N) is 1. The summed E-state index contributed by atoms with van der Waals surface area (Å²) in [5.74, 6) is 1.06. The molecule has 1 aromatic rings. The minimum atomic E-state index is -0.451. The summed E-state index contributed by atoms with van der Waals surface area (Å²) in [4.78, 5) is 18.6. The van der Waals surface area contributed by atoms with Crippen LogP contribution < -0.4 is 16.0 Å². The van der Waals surface area contributed by atoms with Gasteiger partial charge < -0.3 is 16.0 Å². The number of nitrogens with zero attached hydrogens (tertiary/aromatic N) is 2. The van der Waals surface area contributed by atoms with E-state index in [9.17, 15) is 4.79 Å².